The zero-order valence-corrected chi connectivity index (χ0v) is 15.8. The average molecular weight is 364 g/mol. The van der Waals surface area contributed by atoms with Crippen molar-refractivity contribution in [2.45, 2.75) is 19.6 Å². The summed E-state index contributed by atoms with van der Waals surface area (Å²) >= 11 is 0. The molecule has 1 N–H and O–H groups in total. The van der Waals surface area contributed by atoms with Crippen LogP contribution in [0, 0.1) is 6.92 Å². The monoisotopic (exact) mass is 364 g/mol. The number of aryl methyl sites for hydroxylation is 1. The minimum absolute atomic E-state index is 0.508. The Labute approximate surface area is 160 Å². The van der Waals surface area contributed by atoms with E-state index in [-0.39, 0.29) is 0 Å². The van der Waals surface area contributed by atoms with Crippen LogP contribution >= 0.6 is 0 Å². The van der Waals surface area contributed by atoms with Gasteiger partial charge in [0, 0.05) is 11.6 Å². The van der Waals surface area contributed by atoms with E-state index >= 15 is 0 Å². The number of aliphatic hydroxyl groups excluding tert-OH is 1. The van der Waals surface area contributed by atoms with Crippen LogP contribution in [0.1, 0.15) is 28.4 Å². The molecule has 0 aliphatic rings. The highest BCUT2D eigenvalue weighted by molar-refractivity contribution is 5.45. The van der Waals surface area contributed by atoms with Crippen LogP contribution in [0.2, 0.25) is 0 Å². The second kappa shape index (κ2) is 8.60. The van der Waals surface area contributed by atoms with Crippen molar-refractivity contribution >= 4 is 0 Å². The van der Waals surface area contributed by atoms with Gasteiger partial charge in [-0.2, -0.15) is 0 Å². The van der Waals surface area contributed by atoms with Crippen LogP contribution in [0.5, 0.6) is 17.2 Å². The topological polar surface area (TPSA) is 47.9 Å². The summed E-state index contributed by atoms with van der Waals surface area (Å²) in [4.78, 5) is 0. The van der Waals surface area contributed by atoms with Crippen molar-refractivity contribution in [2.24, 2.45) is 0 Å². The summed E-state index contributed by atoms with van der Waals surface area (Å²) in [6, 6.07) is 21.1. The van der Waals surface area contributed by atoms with Crippen LogP contribution in [0.4, 0.5) is 0 Å². The fourth-order valence-electron chi connectivity index (χ4n) is 2.82. The first-order chi connectivity index (χ1) is 13.1. The van der Waals surface area contributed by atoms with Gasteiger partial charge in [-0.25, -0.2) is 0 Å². The maximum atomic E-state index is 10.7. The minimum atomic E-state index is -0.794. The minimum Gasteiger partial charge on any atom is -0.497 e. The Hall–Kier alpha value is -2.98. The molecule has 0 aromatic heterocycles. The maximum absolute atomic E-state index is 10.7. The first kappa shape index (κ1) is 18.8. The first-order valence-electron chi connectivity index (χ1n) is 8.79. The van der Waals surface area contributed by atoms with Gasteiger partial charge in [-0.1, -0.05) is 42.0 Å². The molecule has 0 saturated carbocycles. The maximum Gasteiger partial charge on any atom is 0.128 e. The Bertz CT molecular complexity index is 870. The normalized spacial score (nSPS) is 11.7. The van der Waals surface area contributed by atoms with Gasteiger partial charge >= 0.3 is 0 Å². The predicted octanol–water partition coefficient (Wildman–Crippen LogP) is 4.67. The van der Waals surface area contributed by atoms with E-state index in [1.54, 1.807) is 26.4 Å². The van der Waals surface area contributed by atoms with Crippen molar-refractivity contribution in [3.63, 3.8) is 0 Å². The molecule has 0 fully saturated rings. The number of ether oxygens (including phenoxy) is 3. The third-order valence-corrected chi connectivity index (χ3v) is 4.46. The molecular weight excluding hydrogens is 340 g/mol. The third-order valence-electron chi connectivity index (χ3n) is 4.46. The molecule has 0 saturated heterocycles. The molecule has 0 bridgehead atoms. The van der Waals surface area contributed by atoms with Gasteiger partial charge in [0.25, 0.3) is 0 Å². The molecule has 0 spiro atoms. The van der Waals surface area contributed by atoms with Crippen molar-refractivity contribution in [2.75, 3.05) is 14.2 Å². The lowest BCUT2D eigenvalue weighted by molar-refractivity contribution is 0.214. The summed E-state index contributed by atoms with van der Waals surface area (Å²) in [5.74, 6) is 2.03. The Balaban J connectivity index is 1.70. The Morgan fingerprint density at radius 2 is 1.48 bits per heavy atom. The molecule has 3 aromatic carbocycles. The fourth-order valence-corrected chi connectivity index (χ4v) is 2.82. The summed E-state index contributed by atoms with van der Waals surface area (Å²) in [7, 11) is 3.17. The molecule has 3 aromatic rings. The number of aliphatic hydroxyl groups is 1. The molecule has 0 amide bonds. The Morgan fingerprint density at radius 3 is 2.11 bits per heavy atom. The van der Waals surface area contributed by atoms with Gasteiger partial charge < -0.3 is 19.3 Å². The largest absolute Gasteiger partial charge is 0.497 e. The van der Waals surface area contributed by atoms with E-state index in [1.807, 2.05) is 30.3 Å². The van der Waals surface area contributed by atoms with Crippen LogP contribution in [-0.2, 0) is 6.61 Å². The number of hydrogen-bond acceptors (Lipinski definition) is 4. The molecule has 3 rings (SSSR count). The second-order valence-electron chi connectivity index (χ2n) is 6.35. The first-order valence-corrected chi connectivity index (χ1v) is 8.79. The number of rotatable bonds is 7. The molecule has 1 atom stereocenters. The van der Waals surface area contributed by atoms with Crippen molar-refractivity contribution in [1.29, 1.82) is 0 Å². The molecule has 0 radical (unpaired) electrons. The molecular formula is C23H24O4. The highest BCUT2D eigenvalue weighted by atomic mass is 16.5. The smallest absolute Gasteiger partial charge is 0.128 e. The van der Waals surface area contributed by atoms with Gasteiger partial charge in [-0.3, -0.25) is 0 Å². The lowest BCUT2D eigenvalue weighted by Crippen LogP contribution is -2.03. The van der Waals surface area contributed by atoms with E-state index in [1.165, 1.54) is 5.56 Å². The van der Waals surface area contributed by atoms with Crippen molar-refractivity contribution in [3.05, 3.63) is 89.0 Å². The molecule has 4 nitrogen and oxygen atoms in total. The average Bonchev–Trinajstić information content (AvgIpc) is 2.72. The number of methoxy groups -OCH3 is 2. The molecule has 140 valence electrons. The van der Waals surface area contributed by atoms with Crippen molar-refractivity contribution < 1.29 is 19.3 Å². The zero-order valence-electron chi connectivity index (χ0n) is 15.8. The summed E-state index contributed by atoms with van der Waals surface area (Å²) in [5.41, 5.74) is 3.80. The van der Waals surface area contributed by atoms with E-state index in [0.29, 0.717) is 23.7 Å². The van der Waals surface area contributed by atoms with E-state index in [2.05, 4.69) is 31.2 Å². The van der Waals surface area contributed by atoms with E-state index in [4.69, 9.17) is 14.2 Å². The lowest BCUT2D eigenvalue weighted by Gasteiger charge is -2.16. The molecule has 27 heavy (non-hydrogen) atoms. The molecule has 0 heterocycles. The molecule has 0 aliphatic heterocycles. The van der Waals surface area contributed by atoms with Crippen molar-refractivity contribution in [3.8, 4) is 17.2 Å². The van der Waals surface area contributed by atoms with Gasteiger partial charge in [0.05, 0.1) is 14.2 Å². The SMILES string of the molecule is COc1ccc([C@H](O)c2ccc(OCc3ccc(C)cc3)cc2)c(OC)c1. The predicted molar refractivity (Wildman–Crippen MR) is 106 cm³/mol. The van der Waals surface area contributed by atoms with Crippen LogP contribution < -0.4 is 14.2 Å². The third kappa shape index (κ3) is 4.60. The molecule has 0 unspecified atom stereocenters. The fraction of sp³-hybridized carbons (Fsp3) is 0.217. The van der Waals surface area contributed by atoms with Crippen LogP contribution in [0.25, 0.3) is 0 Å². The number of benzene rings is 3. The van der Waals surface area contributed by atoms with Gasteiger partial charge in [0.1, 0.15) is 30.0 Å². The van der Waals surface area contributed by atoms with Crippen LogP contribution in [0.3, 0.4) is 0 Å². The second-order valence-corrected chi connectivity index (χ2v) is 6.35. The van der Waals surface area contributed by atoms with Crippen LogP contribution in [0.15, 0.2) is 66.7 Å². The van der Waals surface area contributed by atoms with Gasteiger partial charge in [0.15, 0.2) is 0 Å². The van der Waals surface area contributed by atoms with E-state index in [0.717, 1.165) is 16.9 Å². The van der Waals surface area contributed by atoms with E-state index in [9.17, 15) is 5.11 Å². The van der Waals surface area contributed by atoms with Gasteiger partial charge in [0.2, 0.25) is 0 Å². The molecule has 0 aliphatic carbocycles. The zero-order chi connectivity index (χ0) is 19.2. The van der Waals surface area contributed by atoms with Crippen molar-refractivity contribution in [1.82, 2.24) is 0 Å². The lowest BCUT2D eigenvalue weighted by atomic mass is 10.0. The van der Waals surface area contributed by atoms with Crippen LogP contribution in [-0.4, -0.2) is 19.3 Å². The Kier molecular flexibility index (Phi) is 5.99. The summed E-state index contributed by atoms with van der Waals surface area (Å²) in [6.07, 6.45) is -0.794. The van der Waals surface area contributed by atoms with E-state index < -0.39 is 6.10 Å². The van der Waals surface area contributed by atoms with Gasteiger partial charge in [-0.15, -0.1) is 0 Å². The highest BCUT2D eigenvalue weighted by Gasteiger charge is 2.16. The standard InChI is InChI=1S/C23H24O4/c1-16-4-6-17(7-5-16)15-27-19-10-8-18(9-11-19)23(24)21-13-12-20(25-2)14-22(21)26-3/h4-14,23-24H,15H2,1-3H3/t23-/m1/s1. The van der Waals surface area contributed by atoms with Gasteiger partial charge in [-0.05, 0) is 42.3 Å². The summed E-state index contributed by atoms with van der Waals surface area (Å²) in [6.45, 7) is 2.57. The highest BCUT2D eigenvalue weighted by Crippen LogP contribution is 2.33. The molecule has 4 heteroatoms. The Morgan fingerprint density at radius 1 is 0.815 bits per heavy atom. The number of hydrogen-bond donors (Lipinski definition) is 1. The quantitative estimate of drug-likeness (QED) is 0.662. The summed E-state index contributed by atoms with van der Waals surface area (Å²) < 4.78 is 16.4. The summed E-state index contributed by atoms with van der Waals surface area (Å²) in [5, 5.41) is 10.7.